The summed E-state index contributed by atoms with van der Waals surface area (Å²) < 4.78 is 2.13. The Balaban J connectivity index is 2.15. The van der Waals surface area contributed by atoms with Crippen LogP contribution in [0.1, 0.15) is 50.5 Å². The molecule has 1 aromatic rings. The van der Waals surface area contributed by atoms with Crippen molar-refractivity contribution in [2.45, 2.75) is 64.6 Å². The van der Waals surface area contributed by atoms with Crippen molar-refractivity contribution in [3.63, 3.8) is 0 Å². The molecule has 1 aromatic heterocycles. The third-order valence-corrected chi connectivity index (χ3v) is 4.33. The van der Waals surface area contributed by atoms with Crippen LogP contribution in [0.2, 0.25) is 5.15 Å². The third-order valence-electron chi connectivity index (χ3n) is 4.03. The molecule has 0 saturated heterocycles. The molecule has 0 aromatic carbocycles. The normalized spacial score (nSPS) is 23.2. The van der Waals surface area contributed by atoms with Crippen LogP contribution in [0.3, 0.4) is 0 Å². The van der Waals surface area contributed by atoms with Gasteiger partial charge in [-0.05, 0) is 31.6 Å². The molecule has 0 aliphatic heterocycles. The van der Waals surface area contributed by atoms with Gasteiger partial charge in [0.05, 0.1) is 12.3 Å². The second kappa shape index (κ2) is 6.73. The molecule has 0 bridgehead atoms. The van der Waals surface area contributed by atoms with Crippen LogP contribution in [0.5, 0.6) is 0 Å². The smallest absolute Gasteiger partial charge is 0.152 e. The zero-order valence-electron chi connectivity index (χ0n) is 11.6. The fourth-order valence-electron chi connectivity index (χ4n) is 2.93. The Morgan fingerprint density at radius 3 is 2.84 bits per heavy atom. The molecule has 108 valence electrons. The number of halogens is 1. The fourth-order valence-corrected chi connectivity index (χ4v) is 3.19. The van der Waals surface area contributed by atoms with Gasteiger partial charge in [-0.15, -0.1) is 0 Å². The molecule has 1 saturated carbocycles. The number of hydrogen-bond acceptors (Lipinski definition) is 3. The standard InChI is InChI=1S/C14H24ClN3O/c1-2-3-4-13-17-14(15)12(9-19)18(13)8-10-5-6-11(16)7-10/h10-11,19H,2-9,16H2,1H3. The molecular formula is C14H24ClN3O. The molecule has 0 radical (unpaired) electrons. The summed E-state index contributed by atoms with van der Waals surface area (Å²) in [4.78, 5) is 4.42. The maximum Gasteiger partial charge on any atom is 0.152 e. The minimum Gasteiger partial charge on any atom is -0.390 e. The van der Waals surface area contributed by atoms with Crippen LogP contribution in [0, 0.1) is 5.92 Å². The first-order valence-corrected chi connectivity index (χ1v) is 7.63. The largest absolute Gasteiger partial charge is 0.390 e. The lowest BCUT2D eigenvalue weighted by Gasteiger charge is -2.15. The summed E-state index contributed by atoms with van der Waals surface area (Å²) in [6, 6.07) is 0.334. The van der Waals surface area contributed by atoms with Gasteiger partial charge in [0.15, 0.2) is 5.15 Å². The van der Waals surface area contributed by atoms with E-state index in [9.17, 15) is 5.11 Å². The Morgan fingerprint density at radius 2 is 2.26 bits per heavy atom. The Morgan fingerprint density at radius 1 is 1.47 bits per heavy atom. The van der Waals surface area contributed by atoms with Gasteiger partial charge in [0.2, 0.25) is 0 Å². The maximum atomic E-state index is 9.49. The lowest BCUT2D eigenvalue weighted by atomic mass is 10.1. The van der Waals surface area contributed by atoms with E-state index in [1.807, 2.05) is 0 Å². The summed E-state index contributed by atoms with van der Waals surface area (Å²) >= 11 is 6.13. The molecule has 3 N–H and O–H groups in total. The van der Waals surface area contributed by atoms with Gasteiger partial charge in [-0.1, -0.05) is 24.9 Å². The third kappa shape index (κ3) is 3.50. The van der Waals surface area contributed by atoms with Crippen molar-refractivity contribution in [1.82, 2.24) is 9.55 Å². The maximum absolute atomic E-state index is 9.49. The number of aryl methyl sites for hydroxylation is 1. The van der Waals surface area contributed by atoms with E-state index >= 15 is 0 Å². The van der Waals surface area contributed by atoms with Gasteiger partial charge in [0, 0.05) is 19.0 Å². The molecule has 2 atom stereocenters. The second-order valence-electron chi connectivity index (χ2n) is 5.58. The summed E-state index contributed by atoms with van der Waals surface area (Å²) in [6.45, 7) is 3.01. The monoisotopic (exact) mass is 285 g/mol. The Bertz CT molecular complexity index is 419. The molecule has 19 heavy (non-hydrogen) atoms. The Labute approximate surface area is 120 Å². The fraction of sp³-hybridized carbons (Fsp3) is 0.786. The van der Waals surface area contributed by atoms with E-state index in [1.165, 1.54) is 0 Å². The quantitative estimate of drug-likeness (QED) is 0.844. The van der Waals surface area contributed by atoms with Gasteiger partial charge >= 0.3 is 0 Å². The lowest BCUT2D eigenvalue weighted by molar-refractivity contribution is 0.266. The SMILES string of the molecule is CCCCc1nc(Cl)c(CO)n1CC1CCC(N)C1. The molecule has 5 heteroatoms. The molecule has 0 spiro atoms. The first kappa shape index (κ1) is 14.8. The predicted molar refractivity (Wildman–Crippen MR) is 77.1 cm³/mol. The van der Waals surface area contributed by atoms with E-state index in [1.54, 1.807) is 0 Å². The number of aromatic nitrogens is 2. The van der Waals surface area contributed by atoms with E-state index in [-0.39, 0.29) is 6.61 Å². The van der Waals surface area contributed by atoms with Crippen LogP contribution in [0.4, 0.5) is 0 Å². The molecule has 1 aliphatic carbocycles. The highest BCUT2D eigenvalue weighted by atomic mass is 35.5. The number of hydrogen-bond donors (Lipinski definition) is 2. The average molecular weight is 286 g/mol. The zero-order chi connectivity index (χ0) is 13.8. The zero-order valence-corrected chi connectivity index (χ0v) is 12.4. The lowest BCUT2D eigenvalue weighted by Crippen LogP contribution is -2.18. The summed E-state index contributed by atoms with van der Waals surface area (Å²) in [5, 5.41) is 9.95. The van der Waals surface area contributed by atoms with E-state index < -0.39 is 0 Å². The molecular weight excluding hydrogens is 262 g/mol. The van der Waals surface area contributed by atoms with Gasteiger partial charge < -0.3 is 15.4 Å². The van der Waals surface area contributed by atoms with Crippen LogP contribution in [-0.4, -0.2) is 20.7 Å². The summed E-state index contributed by atoms with van der Waals surface area (Å²) in [7, 11) is 0. The first-order valence-electron chi connectivity index (χ1n) is 7.25. The predicted octanol–water partition coefficient (Wildman–Crippen LogP) is 2.50. The highest BCUT2D eigenvalue weighted by Crippen LogP contribution is 2.28. The number of rotatable bonds is 6. The summed E-state index contributed by atoms with van der Waals surface area (Å²) in [5.41, 5.74) is 6.73. The Hall–Kier alpha value is -0.580. The molecule has 1 fully saturated rings. The number of aliphatic hydroxyl groups is 1. The van der Waals surface area contributed by atoms with Gasteiger partial charge in [-0.2, -0.15) is 0 Å². The minimum absolute atomic E-state index is 0.0449. The molecule has 2 unspecified atom stereocenters. The summed E-state index contributed by atoms with van der Waals surface area (Å²) in [6.07, 6.45) is 6.49. The highest BCUT2D eigenvalue weighted by Gasteiger charge is 2.24. The first-order chi connectivity index (χ1) is 9.15. The van der Waals surface area contributed by atoms with Crippen LogP contribution < -0.4 is 5.73 Å². The number of unbranched alkanes of at least 4 members (excludes halogenated alkanes) is 1. The van der Waals surface area contributed by atoms with Crippen molar-refractivity contribution >= 4 is 11.6 Å². The number of imidazole rings is 1. The summed E-state index contributed by atoms with van der Waals surface area (Å²) in [5.74, 6) is 1.60. The van der Waals surface area contributed by atoms with Gasteiger partial charge in [-0.25, -0.2) is 4.98 Å². The second-order valence-corrected chi connectivity index (χ2v) is 5.93. The average Bonchev–Trinajstić information content (AvgIpc) is 2.91. The van der Waals surface area contributed by atoms with E-state index in [0.29, 0.717) is 17.1 Å². The van der Waals surface area contributed by atoms with E-state index in [2.05, 4.69) is 16.5 Å². The van der Waals surface area contributed by atoms with Crippen molar-refractivity contribution in [3.05, 3.63) is 16.7 Å². The van der Waals surface area contributed by atoms with E-state index in [0.717, 1.165) is 56.6 Å². The van der Waals surface area contributed by atoms with Crippen molar-refractivity contribution in [2.75, 3.05) is 0 Å². The van der Waals surface area contributed by atoms with Gasteiger partial charge in [0.1, 0.15) is 5.82 Å². The van der Waals surface area contributed by atoms with Gasteiger partial charge in [-0.3, -0.25) is 0 Å². The number of nitrogens with two attached hydrogens (primary N) is 1. The van der Waals surface area contributed by atoms with Crippen LogP contribution in [-0.2, 0) is 19.6 Å². The van der Waals surface area contributed by atoms with Crippen molar-refractivity contribution in [3.8, 4) is 0 Å². The van der Waals surface area contributed by atoms with Crippen LogP contribution in [0.15, 0.2) is 0 Å². The van der Waals surface area contributed by atoms with Crippen LogP contribution >= 0.6 is 11.6 Å². The van der Waals surface area contributed by atoms with E-state index in [4.69, 9.17) is 17.3 Å². The topological polar surface area (TPSA) is 64.1 Å². The molecule has 2 rings (SSSR count). The number of aliphatic hydroxyl groups excluding tert-OH is 1. The molecule has 1 aliphatic rings. The molecule has 1 heterocycles. The Kier molecular flexibility index (Phi) is 5.25. The molecule has 0 amide bonds. The van der Waals surface area contributed by atoms with Crippen molar-refractivity contribution in [2.24, 2.45) is 11.7 Å². The van der Waals surface area contributed by atoms with Gasteiger partial charge in [0.25, 0.3) is 0 Å². The van der Waals surface area contributed by atoms with Crippen molar-refractivity contribution < 1.29 is 5.11 Å². The number of nitrogens with zero attached hydrogens (tertiary/aromatic N) is 2. The van der Waals surface area contributed by atoms with Crippen molar-refractivity contribution in [1.29, 1.82) is 0 Å². The minimum atomic E-state index is -0.0449. The highest BCUT2D eigenvalue weighted by molar-refractivity contribution is 6.30. The van der Waals surface area contributed by atoms with Crippen LogP contribution in [0.25, 0.3) is 0 Å². The molecule has 4 nitrogen and oxygen atoms in total.